The molecule has 0 aromatic heterocycles. The Bertz CT molecular complexity index is 848. The van der Waals surface area contributed by atoms with E-state index in [2.05, 4.69) is 6.58 Å². The lowest BCUT2D eigenvalue weighted by Crippen LogP contribution is -2.41. The van der Waals surface area contributed by atoms with E-state index in [1.54, 1.807) is 24.1 Å². The third kappa shape index (κ3) is 4.71. The number of anilines is 1. The highest BCUT2D eigenvalue weighted by atomic mass is 16.5. The Hall–Kier alpha value is -3.28. The summed E-state index contributed by atoms with van der Waals surface area (Å²) in [5.74, 6) is 1.12. The van der Waals surface area contributed by atoms with Crippen LogP contribution in [0.3, 0.4) is 0 Å². The molecule has 2 aromatic carbocycles. The molecule has 0 bridgehead atoms. The first-order chi connectivity index (χ1) is 13.6. The summed E-state index contributed by atoms with van der Waals surface area (Å²) in [5, 5.41) is 0. The summed E-state index contributed by atoms with van der Waals surface area (Å²) in [5.41, 5.74) is 1.61. The third-order valence-electron chi connectivity index (χ3n) is 4.46. The molecule has 6 heteroatoms. The zero-order chi connectivity index (χ0) is 19.9. The molecule has 146 valence electrons. The maximum absolute atomic E-state index is 12.7. The van der Waals surface area contributed by atoms with Gasteiger partial charge in [0, 0.05) is 13.6 Å². The van der Waals surface area contributed by atoms with Crippen molar-refractivity contribution in [1.29, 1.82) is 0 Å². The summed E-state index contributed by atoms with van der Waals surface area (Å²) in [4.78, 5) is 28.3. The fourth-order valence-corrected chi connectivity index (χ4v) is 2.96. The maximum Gasteiger partial charge on any atom is 0.242 e. The molecule has 1 aliphatic rings. The summed E-state index contributed by atoms with van der Waals surface area (Å²) < 4.78 is 11.1. The smallest absolute Gasteiger partial charge is 0.242 e. The van der Waals surface area contributed by atoms with E-state index in [0.29, 0.717) is 31.2 Å². The normalized spacial score (nSPS) is 13.2. The molecule has 1 aliphatic heterocycles. The molecule has 0 spiro atoms. The quantitative estimate of drug-likeness (QED) is 0.693. The lowest BCUT2D eigenvalue weighted by atomic mass is 10.2. The average molecular weight is 380 g/mol. The van der Waals surface area contributed by atoms with Gasteiger partial charge in [-0.3, -0.25) is 14.5 Å². The Kier molecular flexibility index (Phi) is 6.32. The molecular weight excluding hydrogens is 356 g/mol. The van der Waals surface area contributed by atoms with Gasteiger partial charge >= 0.3 is 0 Å². The minimum absolute atomic E-state index is 0.0176. The number of rotatable bonds is 7. The van der Waals surface area contributed by atoms with Crippen molar-refractivity contribution in [1.82, 2.24) is 4.90 Å². The SMILES string of the molecule is C=CCOc1ccc(CN(C)C(=O)CN2C(=O)CCOc3ccccc32)cc1. The molecule has 0 aliphatic carbocycles. The molecule has 28 heavy (non-hydrogen) atoms. The van der Waals surface area contributed by atoms with Gasteiger partial charge in [-0.1, -0.05) is 36.9 Å². The monoisotopic (exact) mass is 380 g/mol. The topological polar surface area (TPSA) is 59.1 Å². The van der Waals surface area contributed by atoms with Crippen LogP contribution in [0.15, 0.2) is 61.2 Å². The van der Waals surface area contributed by atoms with Gasteiger partial charge in [-0.15, -0.1) is 0 Å². The summed E-state index contributed by atoms with van der Waals surface area (Å²) in [6.07, 6.45) is 1.94. The summed E-state index contributed by atoms with van der Waals surface area (Å²) in [6, 6.07) is 14.9. The molecule has 0 N–H and O–H groups in total. The molecule has 0 saturated heterocycles. The first-order valence-corrected chi connectivity index (χ1v) is 9.17. The summed E-state index contributed by atoms with van der Waals surface area (Å²) in [7, 11) is 1.73. The average Bonchev–Trinajstić information content (AvgIpc) is 2.86. The van der Waals surface area contributed by atoms with Crippen LogP contribution in [0, 0.1) is 0 Å². The van der Waals surface area contributed by atoms with Crippen LogP contribution in [-0.2, 0) is 16.1 Å². The van der Waals surface area contributed by atoms with Gasteiger partial charge < -0.3 is 14.4 Å². The van der Waals surface area contributed by atoms with E-state index in [1.807, 2.05) is 42.5 Å². The van der Waals surface area contributed by atoms with E-state index in [1.165, 1.54) is 4.90 Å². The molecule has 0 atom stereocenters. The zero-order valence-electron chi connectivity index (χ0n) is 16.0. The highest BCUT2D eigenvalue weighted by Gasteiger charge is 2.26. The minimum atomic E-state index is -0.142. The number of nitrogens with zero attached hydrogens (tertiary/aromatic N) is 2. The van der Waals surface area contributed by atoms with Crippen LogP contribution >= 0.6 is 0 Å². The number of carbonyl (C=O) groups is 2. The van der Waals surface area contributed by atoms with Crippen molar-refractivity contribution >= 4 is 17.5 Å². The molecule has 6 nitrogen and oxygen atoms in total. The number of ether oxygens (including phenoxy) is 2. The highest BCUT2D eigenvalue weighted by Crippen LogP contribution is 2.30. The molecule has 1 heterocycles. The Balaban J connectivity index is 1.65. The first kappa shape index (κ1) is 19.5. The van der Waals surface area contributed by atoms with Crippen molar-refractivity contribution in [3.05, 3.63) is 66.7 Å². The number of carbonyl (C=O) groups excluding carboxylic acids is 2. The third-order valence-corrected chi connectivity index (χ3v) is 4.46. The molecule has 0 unspecified atom stereocenters. The van der Waals surface area contributed by atoms with E-state index in [-0.39, 0.29) is 24.8 Å². The molecule has 0 saturated carbocycles. The van der Waals surface area contributed by atoms with E-state index in [0.717, 1.165) is 11.3 Å². The lowest BCUT2D eigenvalue weighted by Gasteiger charge is -2.25. The highest BCUT2D eigenvalue weighted by molar-refractivity contribution is 6.00. The van der Waals surface area contributed by atoms with Crippen molar-refractivity contribution in [2.45, 2.75) is 13.0 Å². The van der Waals surface area contributed by atoms with Gasteiger partial charge in [0.15, 0.2) is 0 Å². The molecule has 0 fully saturated rings. The van der Waals surface area contributed by atoms with Crippen molar-refractivity contribution in [2.24, 2.45) is 0 Å². The van der Waals surface area contributed by atoms with Crippen molar-refractivity contribution in [2.75, 3.05) is 31.7 Å². The number of likely N-dealkylation sites (N-methyl/N-ethyl adjacent to an activating group) is 1. The van der Waals surface area contributed by atoms with Crippen LogP contribution in [-0.4, -0.2) is 43.5 Å². The second kappa shape index (κ2) is 9.08. The second-order valence-electron chi connectivity index (χ2n) is 6.54. The second-order valence-corrected chi connectivity index (χ2v) is 6.54. The van der Waals surface area contributed by atoms with Gasteiger partial charge in [0.25, 0.3) is 0 Å². The van der Waals surface area contributed by atoms with Gasteiger partial charge in [0.2, 0.25) is 11.8 Å². The molecule has 2 aromatic rings. The number of para-hydroxylation sites is 2. The van der Waals surface area contributed by atoms with E-state index in [4.69, 9.17) is 9.47 Å². The summed E-state index contributed by atoms with van der Waals surface area (Å²) >= 11 is 0. The van der Waals surface area contributed by atoms with Crippen molar-refractivity contribution in [3.8, 4) is 11.5 Å². The molecular formula is C22H24N2O4. The van der Waals surface area contributed by atoms with Gasteiger partial charge in [-0.25, -0.2) is 0 Å². The Morgan fingerprint density at radius 1 is 1.25 bits per heavy atom. The number of hydrogen-bond acceptors (Lipinski definition) is 4. The van der Waals surface area contributed by atoms with Gasteiger partial charge in [0.1, 0.15) is 24.7 Å². The predicted octanol–water partition coefficient (Wildman–Crippen LogP) is 3.03. The van der Waals surface area contributed by atoms with Crippen LogP contribution in [0.2, 0.25) is 0 Å². The van der Waals surface area contributed by atoms with E-state index < -0.39 is 0 Å². The van der Waals surface area contributed by atoms with Gasteiger partial charge in [-0.05, 0) is 29.8 Å². The predicted molar refractivity (Wildman–Crippen MR) is 108 cm³/mol. The van der Waals surface area contributed by atoms with Crippen molar-refractivity contribution in [3.63, 3.8) is 0 Å². The minimum Gasteiger partial charge on any atom is -0.491 e. The number of hydrogen-bond donors (Lipinski definition) is 0. The lowest BCUT2D eigenvalue weighted by molar-refractivity contribution is -0.130. The summed E-state index contributed by atoms with van der Waals surface area (Å²) in [6.45, 7) is 4.82. The fraction of sp³-hybridized carbons (Fsp3) is 0.273. The van der Waals surface area contributed by atoms with E-state index in [9.17, 15) is 9.59 Å². The maximum atomic E-state index is 12.7. The molecule has 0 radical (unpaired) electrons. The van der Waals surface area contributed by atoms with Gasteiger partial charge in [0.05, 0.1) is 18.7 Å². The largest absolute Gasteiger partial charge is 0.491 e. The van der Waals surface area contributed by atoms with Crippen LogP contribution in [0.5, 0.6) is 11.5 Å². The first-order valence-electron chi connectivity index (χ1n) is 9.17. The Morgan fingerprint density at radius 2 is 2.00 bits per heavy atom. The van der Waals surface area contributed by atoms with Crippen LogP contribution in [0.25, 0.3) is 0 Å². The number of fused-ring (bicyclic) bond motifs is 1. The zero-order valence-corrected chi connectivity index (χ0v) is 16.0. The van der Waals surface area contributed by atoms with Crippen LogP contribution < -0.4 is 14.4 Å². The van der Waals surface area contributed by atoms with Crippen molar-refractivity contribution < 1.29 is 19.1 Å². The number of amides is 2. The van der Waals surface area contributed by atoms with Crippen LogP contribution in [0.4, 0.5) is 5.69 Å². The Morgan fingerprint density at radius 3 is 2.75 bits per heavy atom. The van der Waals surface area contributed by atoms with E-state index >= 15 is 0 Å². The fourth-order valence-electron chi connectivity index (χ4n) is 2.96. The Labute approximate surface area is 165 Å². The standard InChI is InChI=1S/C22H24N2O4/c1-3-13-27-18-10-8-17(9-11-18)15-23(2)22(26)16-24-19-6-4-5-7-20(19)28-14-12-21(24)25/h3-11H,1,12-16H2,2H3. The van der Waals surface area contributed by atoms with Crippen LogP contribution in [0.1, 0.15) is 12.0 Å². The number of benzene rings is 2. The molecule has 2 amide bonds. The molecule has 3 rings (SSSR count). The van der Waals surface area contributed by atoms with Gasteiger partial charge in [-0.2, -0.15) is 0 Å².